The molecule has 0 aromatic carbocycles. The molecule has 1 aliphatic heterocycles. The summed E-state index contributed by atoms with van der Waals surface area (Å²) in [5, 5.41) is 6.13. The lowest BCUT2D eigenvalue weighted by Gasteiger charge is -2.22. The van der Waals surface area contributed by atoms with Crippen molar-refractivity contribution in [3.8, 4) is 0 Å². The van der Waals surface area contributed by atoms with E-state index >= 15 is 0 Å². The summed E-state index contributed by atoms with van der Waals surface area (Å²) >= 11 is 13.5. The largest absolute Gasteiger partial charge is 0.315 e. The normalized spacial score (nSPS) is 20.1. The first-order chi connectivity index (χ1) is 7.18. The molecule has 0 amide bonds. The van der Waals surface area contributed by atoms with Gasteiger partial charge in [-0.1, -0.05) is 23.2 Å². The van der Waals surface area contributed by atoms with Crippen molar-refractivity contribution in [3.05, 3.63) is 20.3 Å². The molecule has 1 unspecified atom stereocenters. The van der Waals surface area contributed by atoms with Crippen LogP contribution in [0.2, 0.25) is 9.36 Å². The predicted octanol–water partition coefficient (Wildman–Crippen LogP) is 3.27. The molecule has 0 saturated carbocycles. The third-order valence-corrected chi connectivity index (χ3v) is 4.75. The van der Waals surface area contributed by atoms with Gasteiger partial charge in [0, 0.05) is 19.1 Å². The fourth-order valence-electron chi connectivity index (χ4n) is 1.87. The van der Waals surface area contributed by atoms with Crippen molar-refractivity contribution < 1.29 is 0 Å². The summed E-state index contributed by atoms with van der Waals surface area (Å²) in [6.07, 6.45) is 1.21. The van der Waals surface area contributed by atoms with Crippen molar-refractivity contribution in [2.75, 3.05) is 20.1 Å². The molecule has 0 radical (unpaired) electrons. The van der Waals surface area contributed by atoms with E-state index in [1.165, 1.54) is 17.8 Å². The van der Waals surface area contributed by atoms with E-state index in [0.29, 0.717) is 10.4 Å². The van der Waals surface area contributed by atoms with Crippen LogP contribution in [0.5, 0.6) is 0 Å². The second kappa shape index (κ2) is 6.43. The van der Waals surface area contributed by atoms with Crippen LogP contribution in [0, 0.1) is 0 Å². The molecular formula is C10H15Cl3N2S. The van der Waals surface area contributed by atoms with E-state index in [1.54, 1.807) is 0 Å². The van der Waals surface area contributed by atoms with Crippen LogP contribution in [0.4, 0.5) is 0 Å². The lowest BCUT2D eigenvalue weighted by atomic mass is 10.2. The van der Waals surface area contributed by atoms with Crippen LogP contribution < -0.4 is 5.32 Å². The zero-order chi connectivity index (χ0) is 10.8. The summed E-state index contributed by atoms with van der Waals surface area (Å²) in [4.78, 5) is 2.34. The van der Waals surface area contributed by atoms with Crippen LogP contribution in [0.1, 0.15) is 12.0 Å². The number of likely N-dealkylation sites (N-methyl/N-ethyl adjacent to an activating group) is 1. The van der Waals surface area contributed by atoms with Crippen LogP contribution in [0.25, 0.3) is 0 Å². The molecule has 92 valence electrons. The summed E-state index contributed by atoms with van der Waals surface area (Å²) in [6.45, 7) is 3.08. The number of halogens is 3. The van der Waals surface area contributed by atoms with E-state index in [2.05, 4.69) is 17.3 Å². The van der Waals surface area contributed by atoms with E-state index in [9.17, 15) is 0 Å². The third kappa shape index (κ3) is 3.25. The fourth-order valence-corrected chi connectivity index (χ4v) is 3.11. The Morgan fingerprint density at radius 3 is 2.81 bits per heavy atom. The maximum atomic E-state index is 6.10. The first-order valence-electron chi connectivity index (χ1n) is 5.01. The van der Waals surface area contributed by atoms with Gasteiger partial charge >= 0.3 is 0 Å². The molecule has 1 fully saturated rings. The number of nitrogens with zero attached hydrogens (tertiary/aromatic N) is 1. The smallest absolute Gasteiger partial charge is 0.112 e. The Hall–Kier alpha value is 0.490. The van der Waals surface area contributed by atoms with Crippen LogP contribution in [0.3, 0.4) is 0 Å². The Morgan fingerprint density at radius 1 is 1.56 bits per heavy atom. The second-order valence-corrected chi connectivity index (χ2v) is 5.77. The number of hydrogen-bond donors (Lipinski definition) is 1. The third-order valence-electron chi connectivity index (χ3n) is 2.84. The highest BCUT2D eigenvalue weighted by atomic mass is 35.5. The molecule has 1 N–H and O–H groups in total. The van der Waals surface area contributed by atoms with Gasteiger partial charge in [0.15, 0.2) is 0 Å². The van der Waals surface area contributed by atoms with E-state index < -0.39 is 0 Å². The minimum Gasteiger partial charge on any atom is -0.315 e. The summed E-state index contributed by atoms with van der Waals surface area (Å²) in [7, 11) is 2.14. The topological polar surface area (TPSA) is 15.3 Å². The fraction of sp³-hybridized carbons (Fsp3) is 0.600. The van der Waals surface area contributed by atoms with Gasteiger partial charge in [0.2, 0.25) is 0 Å². The second-order valence-electron chi connectivity index (χ2n) is 3.91. The number of hydrogen-bond acceptors (Lipinski definition) is 3. The molecule has 0 aliphatic carbocycles. The lowest BCUT2D eigenvalue weighted by molar-refractivity contribution is 0.249. The highest BCUT2D eigenvalue weighted by molar-refractivity contribution is 7.15. The molecule has 1 aliphatic rings. The van der Waals surface area contributed by atoms with E-state index in [4.69, 9.17) is 23.2 Å². The molecule has 2 rings (SSSR count). The molecule has 6 heteroatoms. The van der Waals surface area contributed by atoms with E-state index in [1.807, 2.05) is 5.38 Å². The lowest BCUT2D eigenvalue weighted by Crippen LogP contribution is -2.32. The molecule has 2 nitrogen and oxygen atoms in total. The number of nitrogens with one attached hydrogen (secondary N) is 1. The zero-order valence-electron chi connectivity index (χ0n) is 9.00. The molecule has 1 saturated heterocycles. The monoisotopic (exact) mass is 300 g/mol. The van der Waals surface area contributed by atoms with Gasteiger partial charge in [-0.15, -0.1) is 23.7 Å². The van der Waals surface area contributed by atoms with E-state index in [0.717, 1.165) is 30.2 Å². The van der Waals surface area contributed by atoms with Gasteiger partial charge in [-0.3, -0.25) is 4.90 Å². The van der Waals surface area contributed by atoms with Crippen LogP contribution >= 0.6 is 46.9 Å². The summed E-state index contributed by atoms with van der Waals surface area (Å²) in [5.41, 5.74) is 1.14. The molecule has 0 bridgehead atoms. The van der Waals surface area contributed by atoms with Crippen molar-refractivity contribution >= 4 is 46.9 Å². The average molecular weight is 302 g/mol. The van der Waals surface area contributed by atoms with Crippen molar-refractivity contribution in [1.82, 2.24) is 10.2 Å². The Morgan fingerprint density at radius 2 is 2.31 bits per heavy atom. The Labute approximate surface area is 116 Å². The SMILES string of the molecule is CN(Cc1csc(Cl)c1Cl)C1CCNC1.Cl. The molecular weight excluding hydrogens is 287 g/mol. The standard InChI is InChI=1S/C10H14Cl2N2S.ClH/c1-14(8-2-3-13-4-8)5-7-6-15-10(12)9(7)11;/h6,8,13H,2-5H2,1H3;1H. The highest BCUT2D eigenvalue weighted by Gasteiger charge is 2.20. The maximum Gasteiger partial charge on any atom is 0.112 e. The molecule has 0 spiro atoms. The van der Waals surface area contributed by atoms with Crippen molar-refractivity contribution in [3.63, 3.8) is 0 Å². The van der Waals surface area contributed by atoms with Gasteiger partial charge < -0.3 is 5.32 Å². The molecule has 16 heavy (non-hydrogen) atoms. The van der Waals surface area contributed by atoms with Gasteiger partial charge in [-0.05, 0) is 31.0 Å². The molecule has 1 atom stereocenters. The van der Waals surface area contributed by atoms with Crippen molar-refractivity contribution in [2.45, 2.75) is 19.0 Å². The van der Waals surface area contributed by atoms with Crippen molar-refractivity contribution in [1.29, 1.82) is 0 Å². The Balaban J connectivity index is 0.00000128. The van der Waals surface area contributed by atoms with Gasteiger partial charge in [0.05, 0.1) is 5.02 Å². The van der Waals surface area contributed by atoms with Crippen LogP contribution in [-0.4, -0.2) is 31.1 Å². The van der Waals surface area contributed by atoms with Gasteiger partial charge in [0.25, 0.3) is 0 Å². The number of thiophene rings is 1. The quantitative estimate of drug-likeness (QED) is 0.922. The Kier molecular flexibility index (Phi) is 5.85. The minimum atomic E-state index is 0. The zero-order valence-corrected chi connectivity index (χ0v) is 12.1. The van der Waals surface area contributed by atoms with Crippen LogP contribution in [-0.2, 0) is 6.54 Å². The highest BCUT2D eigenvalue weighted by Crippen LogP contribution is 2.33. The maximum absolute atomic E-state index is 6.10. The van der Waals surface area contributed by atoms with Crippen LogP contribution in [0.15, 0.2) is 5.38 Å². The predicted molar refractivity (Wildman–Crippen MR) is 74.3 cm³/mol. The van der Waals surface area contributed by atoms with Gasteiger partial charge in [-0.25, -0.2) is 0 Å². The van der Waals surface area contributed by atoms with Gasteiger partial charge in [-0.2, -0.15) is 0 Å². The minimum absolute atomic E-state index is 0. The molecule has 2 heterocycles. The molecule has 1 aromatic heterocycles. The van der Waals surface area contributed by atoms with Gasteiger partial charge in [0.1, 0.15) is 4.34 Å². The average Bonchev–Trinajstić information content (AvgIpc) is 2.83. The van der Waals surface area contributed by atoms with E-state index in [-0.39, 0.29) is 12.4 Å². The first kappa shape index (κ1) is 14.6. The number of rotatable bonds is 3. The molecule has 1 aromatic rings. The van der Waals surface area contributed by atoms with Crippen molar-refractivity contribution in [2.24, 2.45) is 0 Å². The summed E-state index contributed by atoms with van der Waals surface area (Å²) < 4.78 is 0.699. The summed E-state index contributed by atoms with van der Waals surface area (Å²) in [5.74, 6) is 0. The first-order valence-corrected chi connectivity index (χ1v) is 6.64. The summed E-state index contributed by atoms with van der Waals surface area (Å²) in [6, 6.07) is 0.625. The Bertz CT molecular complexity index is 337.